The van der Waals surface area contributed by atoms with Crippen molar-refractivity contribution in [3.63, 3.8) is 0 Å². The Labute approximate surface area is 119 Å². The van der Waals surface area contributed by atoms with Crippen molar-refractivity contribution in [3.05, 3.63) is 48.3 Å². The molecule has 4 nitrogen and oxygen atoms in total. The fourth-order valence-electron chi connectivity index (χ4n) is 1.90. The Kier molecular flexibility index (Phi) is 4.82. The smallest absolute Gasteiger partial charge is 0.255 e. The van der Waals surface area contributed by atoms with Crippen LogP contribution in [0, 0.1) is 0 Å². The summed E-state index contributed by atoms with van der Waals surface area (Å²) in [5.74, 6) is 0.0125. The van der Waals surface area contributed by atoms with E-state index in [1.807, 2.05) is 37.4 Å². The van der Waals surface area contributed by atoms with Gasteiger partial charge in [0, 0.05) is 26.0 Å². The Morgan fingerprint density at radius 2 is 1.95 bits per heavy atom. The number of amides is 1. The second-order valence-electron chi connectivity index (χ2n) is 4.73. The molecule has 0 aromatic carbocycles. The molecule has 2 aromatic heterocycles. The maximum atomic E-state index is 12.2. The molecule has 0 spiro atoms. The van der Waals surface area contributed by atoms with Crippen molar-refractivity contribution in [1.82, 2.24) is 14.9 Å². The van der Waals surface area contributed by atoms with Crippen LogP contribution in [0.2, 0.25) is 0 Å². The topological polar surface area (TPSA) is 46.1 Å². The molecule has 2 rings (SSSR count). The van der Waals surface area contributed by atoms with Crippen molar-refractivity contribution in [2.75, 3.05) is 13.6 Å². The SMILES string of the molecule is CCCCN(C)C(=O)c1ccc(-c2ccccn2)nc1. The Morgan fingerprint density at radius 3 is 2.55 bits per heavy atom. The Morgan fingerprint density at radius 1 is 1.15 bits per heavy atom. The summed E-state index contributed by atoms with van der Waals surface area (Å²) in [7, 11) is 1.82. The summed E-state index contributed by atoms with van der Waals surface area (Å²) < 4.78 is 0. The average Bonchev–Trinajstić information content (AvgIpc) is 2.53. The fraction of sp³-hybridized carbons (Fsp3) is 0.312. The van der Waals surface area contributed by atoms with Crippen LogP contribution < -0.4 is 0 Å². The molecule has 0 N–H and O–H groups in total. The standard InChI is InChI=1S/C16H19N3O/c1-3-4-11-19(2)16(20)13-8-9-15(18-12-13)14-7-5-6-10-17-14/h5-10,12H,3-4,11H2,1-2H3. The summed E-state index contributed by atoms with van der Waals surface area (Å²) >= 11 is 0. The van der Waals surface area contributed by atoms with Gasteiger partial charge >= 0.3 is 0 Å². The summed E-state index contributed by atoms with van der Waals surface area (Å²) in [4.78, 5) is 22.5. The number of carbonyl (C=O) groups excluding carboxylic acids is 1. The van der Waals surface area contributed by atoms with E-state index in [4.69, 9.17) is 0 Å². The van der Waals surface area contributed by atoms with Crippen LogP contribution in [-0.4, -0.2) is 34.4 Å². The zero-order valence-corrected chi connectivity index (χ0v) is 11.9. The van der Waals surface area contributed by atoms with Gasteiger partial charge in [-0.05, 0) is 30.7 Å². The molecule has 104 valence electrons. The Hall–Kier alpha value is -2.23. The van der Waals surface area contributed by atoms with Crippen LogP contribution in [0.5, 0.6) is 0 Å². The first-order valence-corrected chi connectivity index (χ1v) is 6.85. The van der Waals surface area contributed by atoms with Gasteiger partial charge in [0.15, 0.2) is 0 Å². The van der Waals surface area contributed by atoms with Crippen molar-refractivity contribution in [2.24, 2.45) is 0 Å². The van der Waals surface area contributed by atoms with Gasteiger partial charge in [-0.3, -0.25) is 14.8 Å². The van der Waals surface area contributed by atoms with E-state index in [0.717, 1.165) is 30.8 Å². The molecule has 0 saturated heterocycles. The monoisotopic (exact) mass is 269 g/mol. The third-order valence-corrected chi connectivity index (χ3v) is 3.13. The molecular formula is C16H19N3O. The highest BCUT2D eigenvalue weighted by molar-refractivity contribution is 5.93. The lowest BCUT2D eigenvalue weighted by molar-refractivity contribution is 0.0793. The first-order valence-electron chi connectivity index (χ1n) is 6.85. The average molecular weight is 269 g/mol. The van der Waals surface area contributed by atoms with Gasteiger partial charge in [0.2, 0.25) is 0 Å². The number of pyridine rings is 2. The van der Waals surface area contributed by atoms with Gasteiger partial charge in [0.1, 0.15) is 0 Å². The maximum absolute atomic E-state index is 12.2. The van der Waals surface area contributed by atoms with Crippen molar-refractivity contribution in [2.45, 2.75) is 19.8 Å². The number of hydrogen-bond donors (Lipinski definition) is 0. The lowest BCUT2D eigenvalue weighted by Crippen LogP contribution is -2.27. The van der Waals surface area contributed by atoms with Crippen LogP contribution in [0.15, 0.2) is 42.7 Å². The Bertz CT molecular complexity index is 552. The van der Waals surface area contributed by atoms with Gasteiger partial charge < -0.3 is 4.90 Å². The van der Waals surface area contributed by atoms with Crippen molar-refractivity contribution in [3.8, 4) is 11.4 Å². The molecule has 20 heavy (non-hydrogen) atoms. The number of rotatable bonds is 5. The molecular weight excluding hydrogens is 250 g/mol. The van der Waals surface area contributed by atoms with Crippen LogP contribution in [0.1, 0.15) is 30.1 Å². The van der Waals surface area contributed by atoms with Gasteiger partial charge in [-0.1, -0.05) is 19.4 Å². The largest absolute Gasteiger partial charge is 0.342 e. The highest BCUT2D eigenvalue weighted by Gasteiger charge is 2.11. The van der Waals surface area contributed by atoms with E-state index < -0.39 is 0 Å². The minimum absolute atomic E-state index is 0.0125. The summed E-state index contributed by atoms with van der Waals surface area (Å²) in [6, 6.07) is 9.33. The molecule has 0 saturated carbocycles. The molecule has 0 radical (unpaired) electrons. The molecule has 0 bridgehead atoms. The lowest BCUT2D eigenvalue weighted by atomic mass is 10.2. The van der Waals surface area contributed by atoms with E-state index in [1.165, 1.54) is 0 Å². The molecule has 0 aliphatic rings. The number of unbranched alkanes of at least 4 members (excludes halogenated alkanes) is 1. The predicted octanol–water partition coefficient (Wildman–Crippen LogP) is 3.02. The minimum atomic E-state index is 0.0125. The van der Waals surface area contributed by atoms with Gasteiger partial charge in [-0.15, -0.1) is 0 Å². The van der Waals surface area contributed by atoms with Crippen LogP contribution in [0.25, 0.3) is 11.4 Å². The van der Waals surface area contributed by atoms with Crippen LogP contribution >= 0.6 is 0 Å². The van der Waals surface area contributed by atoms with Gasteiger partial charge in [-0.2, -0.15) is 0 Å². The van der Waals surface area contributed by atoms with Crippen molar-refractivity contribution >= 4 is 5.91 Å². The van der Waals surface area contributed by atoms with E-state index in [0.29, 0.717) is 5.56 Å². The molecule has 2 aromatic rings. The first-order chi connectivity index (χ1) is 9.72. The van der Waals surface area contributed by atoms with E-state index in [-0.39, 0.29) is 5.91 Å². The van der Waals surface area contributed by atoms with Crippen LogP contribution in [0.4, 0.5) is 0 Å². The molecule has 4 heteroatoms. The highest BCUT2D eigenvalue weighted by Crippen LogP contribution is 2.14. The molecule has 0 atom stereocenters. The molecule has 1 amide bonds. The maximum Gasteiger partial charge on any atom is 0.255 e. The van der Waals surface area contributed by atoms with Gasteiger partial charge in [-0.25, -0.2) is 0 Å². The highest BCUT2D eigenvalue weighted by atomic mass is 16.2. The predicted molar refractivity (Wildman–Crippen MR) is 79.3 cm³/mol. The first kappa shape index (κ1) is 14.2. The lowest BCUT2D eigenvalue weighted by Gasteiger charge is -2.16. The van der Waals surface area contributed by atoms with E-state index in [1.54, 1.807) is 17.3 Å². The molecule has 0 aliphatic heterocycles. The van der Waals surface area contributed by atoms with Crippen molar-refractivity contribution < 1.29 is 4.79 Å². The van der Waals surface area contributed by atoms with Crippen LogP contribution in [-0.2, 0) is 0 Å². The quantitative estimate of drug-likeness (QED) is 0.838. The minimum Gasteiger partial charge on any atom is -0.342 e. The van der Waals surface area contributed by atoms with E-state index in [9.17, 15) is 4.79 Å². The number of hydrogen-bond acceptors (Lipinski definition) is 3. The second-order valence-corrected chi connectivity index (χ2v) is 4.73. The normalized spacial score (nSPS) is 10.3. The summed E-state index contributed by atoms with van der Waals surface area (Å²) in [6.45, 7) is 2.89. The number of carbonyl (C=O) groups is 1. The molecule has 0 fully saturated rings. The van der Waals surface area contributed by atoms with E-state index >= 15 is 0 Å². The molecule has 0 unspecified atom stereocenters. The summed E-state index contributed by atoms with van der Waals surface area (Å²) in [5, 5.41) is 0. The summed E-state index contributed by atoms with van der Waals surface area (Å²) in [6.07, 6.45) is 5.44. The summed E-state index contributed by atoms with van der Waals surface area (Å²) in [5.41, 5.74) is 2.20. The van der Waals surface area contributed by atoms with Gasteiger partial charge in [0.05, 0.1) is 17.0 Å². The van der Waals surface area contributed by atoms with Crippen molar-refractivity contribution in [1.29, 1.82) is 0 Å². The van der Waals surface area contributed by atoms with E-state index in [2.05, 4.69) is 16.9 Å². The molecule has 0 aliphatic carbocycles. The molecule has 2 heterocycles. The zero-order valence-electron chi connectivity index (χ0n) is 11.9. The fourth-order valence-corrected chi connectivity index (χ4v) is 1.90. The van der Waals surface area contributed by atoms with Crippen LogP contribution in [0.3, 0.4) is 0 Å². The number of nitrogens with zero attached hydrogens (tertiary/aromatic N) is 3. The second kappa shape index (κ2) is 6.80. The van der Waals surface area contributed by atoms with Gasteiger partial charge in [0.25, 0.3) is 5.91 Å². The number of aromatic nitrogens is 2. The third kappa shape index (κ3) is 3.41. The Balaban J connectivity index is 2.10. The third-order valence-electron chi connectivity index (χ3n) is 3.13. The zero-order chi connectivity index (χ0) is 14.4.